The van der Waals surface area contributed by atoms with E-state index in [0.29, 0.717) is 6.54 Å². The molecule has 0 radical (unpaired) electrons. The van der Waals surface area contributed by atoms with Crippen molar-refractivity contribution < 1.29 is 13.9 Å². The molecule has 1 unspecified atom stereocenters. The first kappa shape index (κ1) is 23.0. The van der Waals surface area contributed by atoms with Crippen LogP contribution in [0, 0.1) is 6.92 Å². The lowest BCUT2D eigenvalue weighted by Crippen LogP contribution is -2.54. The summed E-state index contributed by atoms with van der Waals surface area (Å²) in [6.45, 7) is 10.7. The Hall–Kier alpha value is -1.33. The van der Waals surface area contributed by atoms with Crippen LogP contribution in [0.3, 0.4) is 0 Å². The van der Waals surface area contributed by atoms with Gasteiger partial charge in [0.25, 0.3) is 0 Å². The quantitative estimate of drug-likeness (QED) is 0.378. The van der Waals surface area contributed by atoms with Crippen molar-refractivity contribution in [1.82, 2.24) is 20.0 Å². The summed E-state index contributed by atoms with van der Waals surface area (Å²) in [5, 5.41) is 3.52. The Morgan fingerprint density at radius 2 is 1.79 bits per heavy atom. The summed E-state index contributed by atoms with van der Waals surface area (Å²) in [6, 6.07) is 4.21. The molecule has 1 atom stereocenters. The highest BCUT2D eigenvalue weighted by atomic mass is 127. The number of carbonyl (C=O) groups is 1. The number of aliphatic imine (C=N–C) groups is 1. The molecule has 0 spiro atoms. The number of halogens is 1. The highest BCUT2D eigenvalue weighted by Crippen LogP contribution is 2.23. The van der Waals surface area contributed by atoms with E-state index in [2.05, 4.69) is 26.2 Å². The predicted molar refractivity (Wildman–Crippen MR) is 119 cm³/mol. The molecule has 0 aliphatic carbocycles. The van der Waals surface area contributed by atoms with Gasteiger partial charge in [0.05, 0.1) is 19.3 Å². The van der Waals surface area contributed by atoms with E-state index in [4.69, 9.17) is 9.15 Å². The first-order chi connectivity index (χ1) is 13.1. The van der Waals surface area contributed by atoms with Gasteiger partial charge in [-0.05, 0) is 19.1 Å². The summed E-state index contributed by atoms with van der Waals surface area (Å²) in [7, 11) is 1.81. The normalized spacial score (nSPS) is 19.9. The summed E-state index contributed by atoms with van der Waals surface area (Å²) in [5.74, 6) is 2.91. The SMILES string of the molecule is CN=C(NCC(c1ccc(C)o1)N1CCOCC1)N1CCN(C(C)=O)CC1.I. The molecule has 2 aliphatic heterocycles. The van der Waals surface area contributed by atoms with Gasteiger partial charge in [-0.25, -0.2) is 0 Å². The Kier molecular flexibility index (Phi) is 9.03. The summed E-state index contributed by atoms with van der Waals surface area (Å²) in [6.07, 6.45) is 0. The molecule has 3 rings (SSSR count). The van der Waals surface area contributed by atoms with Crippen LogP contribution in [0.2, 0.25) is 0 Å². The minimum absolute atomic E-state index is 0. The predicted octanol–water partition coefficient (Wildman–Crippen LogP) is 1.32. The summed E-state index contributed by atoms with van der Waals surface area (Å²) >= 11 is 0. The maximum absolute atomic E-state index is 11.5. The third-order valence-corrected chi connectivity index (χ3v) is 5.27. The number of piperazine rings is 1. The van der Waals surface area contributed by atoms with Gasteiger partial charge in [-0.1, -0.05) is 0 Å². The lowest BCUT2D eigenvalue weighted by molar-refractivity contribution is -0.130. The maximum Gasteiger partial charge on any atom is 0.219 e. The fourth-order valence-corrected chi connectivity index (χ4v) is 3.68. The van der Waals surface area contributed by atoms with Crippen molar-refractivity contribution in [2.45, 2.75) is 19.9 Å². The van der Waals surface area contributed by atoms with Gasteiger partial charge >= 0.3 is 0 Å². The molecule has 1 aromatic heterocycles. The molecule has 1 N–H and O–H groups in total. The van der Waals surface area contributed by atoms with Gasteiger partial charge in [0.2, 0.25) is 5.91 Å². The highest BCUT2D eigenvalue weighted by molar-refractivity contribution is 14.0. The molecular weight excluding hydrogens is 473 g/mol. The number of nitrogens with zero attached hydrogens (tertiary/aromatic N) is 4. The number of morpholine rings is 1. The highest BCUT2D eigenvalue weighted by Gasteiger charge is 2.27. The first-order valence-corrected chi connectivity index (χ1v) is 9.67. The number of ether oxygens (including phenoxy) is 1. The average molecular weight is 505 g/mol. The van der Waals surface area contributed by atoms with Crippen molar-refractivity contribution in [2.24, 2.45) is 4.99 Å². The molecular formula is C19H32IN5O3. The van der Waals surface area contributed by atoms with Gasteiger partial charge in [0, 0.05) is 59.8 Å². The maximum atomic E-state index is 11.5. The topological polar surface area (TPSA) is 73.6 Å². The molecule has 1 aromatic rings. The Bertz CT molecular complexity index is 652. The van der Waals surface area contributed by atoms with E-state index in [9.17, 15) is 4.79 Å². The third kappa shape index (κ3) is 5.84. The number of hydrogen-bond donors (Lipinski definition) is 1. The van der Waals surface area contributed by atoms with Crippen LogP contribution in [0.4, 0.5) is 0 Å². The second kappa shape index (κ2) is 11.0. The fraction of sp³-hybridized carbons (Fsp3) is 0.684. The van der Waals surface area contributed by atoms with E-state index in [-0.39, 0.29) is 35.9 Å². The van der Waals surface area contributed by atoms with E-state index in [1.54, 1.807) is 14.0 Å². The van der Waals surface area contributed by atoms with Crippen LogP contribution in [0.15, 0.2) is 21.5 Å². The molecule has 1 amide bonds. The summed E-state index contributed by atoms with van der Waals surface area (Å²) in [4.78, 5) is 22.5. The fourth-order valence-electron chi connectivity index (χ4n) is 3.68. The number of amides is 1. The lowest BCUT2D eigenvalue weighted by atomic mass is 10.1. The van der Waals surface area contributed by atoms with Gasteiger partial charge in [0.15, 0.2) is 5.96 Å². The third-order valence-electron chi connectivity index (χ3n) is 5.27. The van der Waals surface area contributed by atoms with Crippen molar-refractivity contribution in [2.75, 3.05) is 66.1 Å². The molecule has 158 valence electrons. The Morgan fingerprint density at radius 3 is 2.32 bits per heavy atom. The average Bonchev–Trinajstić information content (AvgIpc) is 3.12. The van der Waals surface area contributed by atoms with E-state index in [0.717, 1.165) is 70.0 Å². The smallest absolute Gasteiger partial charge is 0.219 e. The van der Waals surface area contributed by atoms with Crippen molar-refractivity contribution in [3.05, 3.63) is 23.7 Å². The van der Waals surface area contributed by atoms with E-state index < -0.39 is 0 Å². The molecule has 2 saturated heterocycles. The van der Waals surface area contributed by atoms with Crippen molar-refractivity contribution in [1.29, 1.82) is 0 Å². The number of hydrogen-bond acceptors (Lipinski definition) is 5. The summed E-state index contributed by atoms with van der Waals surface area (Å²) in [5.41, 5.74) is 0. The van der Waals surface area contributed by atoms with E-state index in [1.807, 2.05) is 17.9 Å². The molecule has 0 bridgehead atoms. The van der Waals surface area contributed by atoms with Crippen LogP contribution >= 0.6 is 24.0 Å². The zero-order chi connectivity index (χ0) is 19.2. The number of guanidine groups is 1. The van der Waals surface area contributed by atoms with Crippen LogP contribution in [0.25, 0.3) is 0 Å². The zero-order valence-corrected chi connectivity index (χ0v) is 19.3. The molecule has 0 saturated carbocycles. The standard InChI is InChI=1S/C19H31N5O3.HI/c1-15-4-5-18(27-15)17(23-10-12-26-13-11-23)14-21-19(20-3)24-8-6-22(7-9-24)16(2)25;/h4-5,17H,6-14H2,1-3H3,(H,20,21);1H. The number of aryl methyl sites for hydroxylation is 1. The first-order valence-electron chi connectivity index (χ1n) is 9.67. The molecule has 8 nitrogen and oxygen atoms in total. The molecule has 3 heterocycles. The number of rotatable bonds is 4. The zero-order valence-electron chi connectivity index (χ0n) is 17.0. The van der Waals surface area contributed by atoms with Crippen LogP contribution in [0.1, 0.15) is 24.5 Å². The van der Waals surface area contributed by atoms with E-state index >= 15 is 0 Å². The molecule has 2 fully saturated rings. The molecule has 2 aliphatic rings. The van der Waals surface area contributed by atoms with Gasteiger partial charge in [0.1, 0.15) is 11.5 Å². The second-order valence-corrected chi connectivity index (χ2v) is 7.03. The molecule has 28 heavy (non-hydrogen) atoms. The van der Waals surface area contributed by atoms with Crippen LogP contribution < -0.4 is 5.32 Å². The van der Waals surface area contributed by atoms with Crippen molar-refractivity contribution in [3.63, 3.8) is 0 Å². The number of furan rings is 1. The molecule has 9 heteroatoms. The largest absolute Gasteiger partial charge is 0.465 e. The minimum atomic E-state index is 0. The van der Waals surface area contributed by atoms with Crippen LogP contribution in [-0.4, -0.2) is 92.6 Å². The van der Waals surface area contributed by atoms with Crippen LogP contribution in [-0.2, 0) is 9.53 Å². The Labute approximate surface area is 184 Å². The minimum Gasteiger partial charge on any atom is -0.465 e. The lowest BCUT2D eigenvalue weighted by Gasteiger charge is -2.37. The monoisotopic (exact) mass is 505 g/mol. The Balaban J connectivity index is 0.00000280. The van der Waals surface area contributed by atoms with Crippen molar-refractivity contribution in [3.8, 4) is 0 Å². The molecule has 0 aromatic carbocycles. The van der Waals surface area contributed by atoms with Gasteiger partial charge in [-0.2, -0.15) is 0 Å². The van der Waals surface area contributed by atoms with Gasteiger partial charge < -0.3 is 24.3 Å². The second-order valence-electron chi connectivity index (χ2n) is 7.03. The number of carbonyl (C=O) groups excluding carboxylic acids is 1. The van der Waals surface area contributed by atoms with Gasteiger partial charge in [-0.3, -0.25) is 14.7 Å². The Morgan fingerprint density at radius 1 is 1.14 bits per heavy atom. The summed E-state index contributed by atoms with van der Waals surface area (Å²) < 4.78 is 11.4. The van der Waals surface area contributed by atoms with E-state index in [1.165, 1.54) is 0 Å². The number of nitrogens with one attached hydrogen (secondary N) is 1. The van der Waals surface area contributed by atoms with Gasteiger partial charge in [-0.15, -0.1) is 24.0 Å². The van der Waals surface area contributed by atoms with Crippen molar-refractivity contribution >= 4 is 35.8 Å². The van der Waals surface area contributed by atoms with Crippen LogP contribution in [0.5, 0.6) is 0 Å².